The second-order valence-corrected chi connectivity index (χ2v) is 17.6. The van der Waals surface area contributed by atoms with Crippen LogP contribution in [0.25, 0.3) is 33.8 Å². The lowest BCUT2D eigenvalue weighted by molar-refractivity contribution is 0.0993. The molecule has 71 heavy (non-hydrogen) atoms. The quantitative estimate of drug-likeness (QED) is 0.0911. The van der Waals surface area contributed by atoms with Crippen molar-refractivity contribution in [3.05, 3.63) is 141 Å². The molecule has 0 spiro atoms. The number of fused-ring (bicyclic) bond motifs is 4. The number of imidazole rings is 1. The number of carbonyl (C=O) groups excluding carboxylic acids is 2. The van der Waals surface area contributed by atoms with Crippen LogP contribution in [0.1, 0.15) is 74.6 Å². The Morgan fingerprint density at radius 3 is 1.63 bits per heavy atom. The predicted octanol–water partition coefficient (Wildman–Crippen LogP) is 8.08. The molecule has 0 bridgehead atoms. The van der Waals surface area contributed by atoms with E-state index in [1.807, 2.05) is 33.2 Å². The Bertz CT molecular complexity index is 3360. The van der Waals surface area contributed by atoms with Crippen molar-refractivity contribution in [3.8, 4) is 17.9 Å². The van der Waals surface area contributed by atoms with E-state index in [1.165, 1.54) is 48.1 Å². The van der Waals surface area contributed by atoms with Gasteiger partial charge in [0.2, 0.25) is 17.8 Å². The zero-order valence-electron chi connectivity index (χ0n) is 39.5. The smallest absolute Gasteiger partial charge is 0.304 e. The van der Waals surface area contributed by atoms with Gasteiger partial charge in [-0.25, -0.2) is 32.1 Å². The molecule has 4 aromatic carbocycles. The number of nitrogens with zero attached hydrogens (tertiary/aromatic N) is 9. The third kappa shape index (κ3) is 9.82. The van der Waals surface area contributed by atoms with Crippen LogP contribution in [0.3, 0.4) is 0 Å². The number of aryl methyl sites for hydroxylation is 3. The average molecular weight is 970 g/mol. The van der Waals surface area contributed by atoms with Crippen LogP contribution >= 0.6 is 0 Å². The van der Waals surface area contributed by atoms with Crippen molar-refractivity contribution < 1.29 is 31.9 Å². The third-order valence-electron chi connectivity index (χ3n) is 12.5. The topological polar surface area (TPSA) is 200 Å². The zero-order chi connectivity index (χ0) is 50.1. The Morgan fingerprint density at radius 1 is 0.620 bits per heavy atom. The van der Waals surface area contributed by atoms with E-state index < -0.39 is 23.4 Å². The number of methoxy groups -OCH3 is 1. The number of rotatable bonds is 11. The van der Waals surface area contributed by atoms with Gasteiger partial charge in [0.05, 0.1) is 40.7 Å². The van der Waals surface area contributed by atoms with Crippen LogP contribution in [-0.2, 0) is 25.9 Å². The Labute approximate surface area is 405 Å². The number of amides is 2. The van der Waals surface area contributed by atoms with Gasteiger partial charge in [0.25, 0.3) is 5.91 Å². The second-order valence-electron chi connectivity index (χ2n) is 17.6. The number of benzene rings is 4. The molecule has 0 aliphatic carbocycles. The molecule has 4 aromatic heterocycles. The number of ether oxygens (including phenoxy) is 1. The summed E-state index contributed by atoms with van der Waals surface area (Å²) in [5, 5.41) is 7.23. The first-order valence-corrected chi connectivity index (χ1v) is 23.1. The first kappa shape index (κ1) is 47.8. The lowest BCUT2D eigenvalue weighted by Crippen LogP contribution is -2.22. The Balaban J connectivity index is 0.000000176. The van der Waals surface area contributed by atoms with Crippen molar-refractivity contribution >= 4 is 56.8 Å². The minimum absolute atomic E-state index is 0.0685. The van der Waals surface area contributed by atoms with Gasteiger partial charge in [-0.2, -0.15) is 15.0 Å². The fraction of sp³-hybridized carbons (Fsp3) is 0.275. The molecule has 0 saturated heterocycles. The Morgan fingerprint density at radius 2 is 1.13 bits per heavy atom. The normalized spacial score (nSPS) is 13.5. The molecular weight excluding hydrogens is 919 g/mol. The van der Waals surface area contributed by atoms with Gasteiger partial charge in [-0.1, -0.05) is 24.3 Å². The predicted molar refractivity (Wildman–Crippen MR) is 264 cm³/mol. The summed E-state index contributed by atoms with van der Waals surface area (Å²) in [6.45, 7) is 4.25. The zero-order valence-corrected chi connectivity index (χ0v) is 39.5. The summed E-state index contributed by atoms with van der Waals surface area (Å²) < 4.78 is 65.0. The largest absolute Gasteiger partial charge is 0.468 e. The molecule has 2 aliphatic rings. The number of halogens is 4. The van der Waals surface area contributed by atoms with E-state index in [4.69, 9.17) is 36.1 Å². The summed E-state index contributed by atoms with van der Waals surface area (Å²) in [4.78, 5) is 51.8. The van der Waals surface area contributed by atoms with Gasteiger partial charge in [-0.3, -0.25) is 14.2 Å². The molecule has 0 fully saturated rings. The highest BCUT2D eigenvalue weighted by molar-refractivity contribution is 6.06. The van der Waals surface area contributed by atoms with E-state index in [0.717, 1.165) is 96.9 Å². The first-order valence-electron chi connectivity index (χ1n) is 23.1. The number of nitrogens with one attached hydrogen (secondary N) is 2. The number of aromatic nitrogens is 7. The molecule has 6 heterocycles. The first-order chi connectivity index (χ1) is 34.2. The van der Waals surface area contributed by atoms with Crippen LogP contribution in [0.5, 0.6) is 6.01 Å². The number of primary amides is 2. The summed E-state index contributed by atoms with van der Waals surface area (Å²) in [5.41, 5.74) is 17.6. The van der Waals surface area contributed by atoms with Gasteiger partial charge in [-0.05, 0) is 105 Å². The van der Waals surface area contributed by atoms with Gasteiger partial charge in [0, 0.05) is 57.4 Å². The molecule has 2 aliphatic heterocycles. The highest BCUT2D eigenvalue weighted by Crippen LogP contribution is 2.36. The van der Waals surface area contributed by atoms with E-state index >= 15 is 0 Å². The number of anilines is 4. The standard InChI is InChI=1S/C26H26F2N6O.C25H25F2N7O2/c1-15-10-19-20(24(29)35)12-18(28)13-22(19)34(15)26-31-21-8-3-4-9-33(2)23(21)25(32-26)30-14-16-6-5-7-17(27)11-16;1-33-9-4-3-8-18-21(33)23(29-13-14-6-5-7-15(26)10-14)32-24(30-18)34-19-12-16(27)11-17(22(28)35)20(19)31-25(34)36-2/h5-7,10-13H,3-4,8-9,14H2,1-2H3,(H2,29,35)(H,30,31,32);5-7,10-12H,3-4,8-9,13H2,1-2H3,(H2,28,35)(H,29,30,32). The van der Waals surface area contributed by atoms with Crippen molar-refractivity contribution in [2.24, 2.45) is 11.5 Å². The molecule has 16 nitrogen and oxygen atoms in total. The van der Waals surface area contributed by atoms with Crippen LogP contribution in [0.2, 0.25) is 0 Å². The van der Waals surface area contributed by atoms with Crippen LogP contribution < -0.4 is 36.6 Å². The maximum Gasteiger partial charge on any atom is 0.304 e. The lowest BCUT2D eigenvalue weighted by Gasteiger charge is -2.23. The number of nitrogens with two attached hydrogens (primary N) is 2. The minimum Gasteiger partial charge on any atom is -0.468 e. The monoisotopic (exact) mass is 969 g/mol. The highest BCUT2D eigenvalue weighted by atomic mass is 19.1. The molecule has 0 saturated carbocycles. The summed E-state index contributed by atoms with van der Waals surface area (Å²) in [7, 11) is 5.39. The summed E-state index contributed by atoms with van der Waals surface area (Å²) in [5.74, 6) is -1.63. The van der Waals surface area contributed by atoms with E-state index in [0.29, 0.717) is 48.0 Å². The molecule has 0 unspecified atom stereocenters. The maximum absolute atomic E-state index is 14.5. The van der Waals surface area contributed by atoms with Crippen LogP contribution in [0.15, 0.2) is 78.9 Å². The molecule has 366 valence electrons. The Hall–Kier alpha value is -8.29. The van der Waals surface area contributed by atoms with Crippen LogP contribution in [0, 0.1) is 30.2 Å². The second kappa shape index (κ2) is 20.0. The Kier molecular flexibility index (Phi) is 13.4. The molecule has 0 atom stereocenters. The molecule has 20 heteroatoms. The minimum atomic E-state index is -0.811. The highest BCUT2D eigenvalue weighted by Gasteiger charge is 2.27. The van der Waals surface area contributed by atoms with Gasteiger partial charge < -0.3 is 36.6 Å². The van der Waals surface area contributed by atoms with Crippen LogP contribution in [-0.4, -0.2) is 80.2 Å². The maximum atomic E-state index is 14.5. The molecule has 6 N–H and O–H groups in total. The average Bonchev–Trinajstić information content (AvgIpc) is 3.72. The lowest BCUT2D eigenvalue weighted by atomic mass is 10.1. The van der Waals surface area contributed by atoms with E-state index in [2.05, 4.69) is 25.4 Å². The van der Waals surface area contributed by atoms with Crippen molar-refractivity contribution in [2.45, 2.75) is 58.5 Å². The van der Waals surface area contributed by atoms with E-state index in [-0.39, 0.29) is 45.8 Å². The summed E-state index contributed by atoms with van der Waals surface area (Å²) in [6.07, 6.45) is 5.38. The van der Waals surface area contributed by atoms with Crippen molar-refractivity contribution in [1.29, 1.82) is 0 Å². The van der Waals surface area contributed by atoms with E-state index in [9.17, 15) is 27.2 Å². The molecule has 10 rings (SSSR count). The molecular formula is C51H51F4N13O3. The van der Waals surface area contributed by atoms with Crippen molar-refractivity contribution in [2.75, 3.05) is 54.7 Å². The van der Waals surface area contributed by atoms with Crippen molar-refractivity contribution in [3.63, 3.8) is 0 Å². The molecule has 2 amide bonds. The number of hydrogen-bond donors (Lipinski definition) is 4. The van der Waals surface area contributed by atoms with Crippen LogP contribution in [0.4, 0.5) is 40.6 Å². The number of hydrogen-bond acceptors (Lipinski definition) is 12. The van der Waals surface area contributed by atoms with Gasteiger partial charge in [0.1, 0.15) is 40.2 Å². The fourth-order valence-electron chi connectivity index (χ4n) is 9.26. The molecule has 8 aromatic rings. The third-order valence-corrected chi connectivity index (χ3v) is 12.5. The van der Waals surface area contributed by atoms with E-state index in [1.54, 1.807) is 22.8 Å². The summed E-state index contributed by atoms with van der Waals surface area (Å²) in [6, 6.07) is 19.4. The number of carbonyl (C=O) groups is 2. The van der Waals surface area contributed by atoms with Gasteiger partial charge in [-0.15, -0.1) is 0 Å². The fourth-order valence-corrected chi connectivity index (χ4v) is 9.26. The van der Waals surface area contributed by atoms with Gasteiger partial charge in [0.15, 0.2) is 11.6 Å². The van der Waals surface area contributed by atoms with Crippen molar-refractivity contribution in [1.82, 2.24) is 34.1 Å². The van der Waals surface area contributed by atoms with Gasteiger partial charge >= 0.3 is 6.01 Å². The molecule has 0 radical (unpaired) electrons. The summed E-state index contributed by atoms with van der Waals surface area (Å²) >= 11 is 0. The SMILES string of the molecule is COc1nc2c(C(N)=O)cc(F)cc2n1-c1nc2c(c(NCc3cccc(F)c3)n1)N(C)CCCC2.Cc1cc2c(C(N)=O)cc(F)cc2n1-c1nc2c(c(NCc3cccc(F)c3)n1)N(C)CCCC2.